The molecule has 90 valence electrons. The van der Waals surface area contributed by atoms with Crippen LogP contribution in [0.5, 0.6) is 0 Å². The van der Waals surface area contributed by atoms with Gasteiger partial charge in [-0.2, -0.15) is 0 Å². The molecule has 1 N–H and O–H groups in total. The van der Waals surface area contributed by atoms with E-state index >= 15 is 0 Å². The SMILES string of the molecule is CC1(C)[C@H]2CC[C@@]1(C)[C@H](O)C2=CCC(=O)[O-]. The number of aliphatic hydroxyl groups excluding tert-OH is 1. The Labute approximate surface area is 96.2 Å². The highest BCUT2D eigenvalue weighted by atomic mass is 16.4. The van der Waals surface area contributed by atoms with E-state index in [9.17, 15) is 15.0 Å². The minimum atomic E-state index is -1.08. The first-order chi connectivity index (χ1) is 7.30. The zero-order valence-electron chi connectivity index (χ0n) is 10.1. The standard InChI is InChI=1S/C13H20O3/c1-12(2)9-6-7-13(12,3)11(16)8(9)4-5-10(14)15/h4,9,11,16H,5-7H2,1-3H3,(H,14,15)/p-1/t9-,11+,13-/m0/s1. The van der Waals surface area contributed by atoms with E-state index in [1.165, 1.54) is 0 Å². The fourth-order valence-corrected chi connectivity index (χ4v) is 3.61. The van der Waals surface area contributed by atoms with E-state index in [0.717, 1.165) is 18.4 Å². The summed E-state index contributed by atoms with van der Waals surface area (Å²) in [6.45, 7) is 6.46. The summed E-state index contributed by atoms with van der Waals surface area (Å²) in [6.07, 6.45) is 3.17. The molecule has 0 heterocycles. The quantitative estimate of drug-likeness (QED) is 0.707. The summed E-state index contributed by atoms with van der Waals surface area (Å²) >= 11 is 0. The fraction of sp³-hybridized carbons (Fsp3) is 0.769. The number of rotatable bonds is 2. The predicted octanol–water partition coefficient (Wildman–Crippen LogP) is 0.870. The lowest BCUT2D eigenvalue weighted by Crippen LogP contribution is -2.35. The minimum Gasteiger partial charge on any atom is -0.550 e. The first kappa shape index (κ1) is 11.6. The predicted molar refractivity (Wildman–Crippen MR) is 58.3 cm³/mol. The van der Waals surface area contributed by atoms with E-state index in [0.29, 0.717) is 5.92 Å². The van der Waals surface area contributed by atoms with Crippen LogP contribution in [0.25, 0.3) is 0 Å². The number of fused-ring (bicyclic) bond motifs is 2. The second-order valence-electron chi connectivity index (χ2n) is 5.91. The number of carboxylic acids is 1. The van der Waals surface area contributed by atoms with Crippen molar-refractivity contribution in [3.05, 3.63) is 11.6 Å². The number of carbonyl (C=O) groups is 1. The second kappa shape index (κ2) is 3.33. The van der Waals surface area contributed by atoms with Gasteiger partial charge >= 0.3 is 0 Å². The smallest absolute Gasteiger partial charge is 0.0811 e. The van der Waals surface area contributed by atoms with Crippen molar-refractivity contribution >= 4 is 5.97 Å². The Balaban J connectivity index is 2.33. The van der Waals surface area contributed by atoms with E-state index in [1.807, 2.05) is 0 Å². The Morgan fingerprint density at radius 1 is 1.56 bits per heavy atom. The molecule has 2 fully saturated rings. The molecule has 3 heteroatoms. The van der Waals surface area contributed by atoms with Gasteiger partial charge in [0.25, 0.3) is 0 Å². The van der Waals surface area contributed by atoms with Gasteiger partial charge in [0.05, 0.1) is 6.10 Å². The molecule has 2 aliphatic rings. The second-order valence-corrected chi connectivity index (χ2v) is 5.91. The van der Waals surface area contributed by atoms with E-state index in [4.69, 9.17) is 0 Å². The molecule has 2 saturated carbocycles. The summed E-state index contributed by atoms with van der Waals surface area (Å²) < 4.78 is 0. The van der Waals surface area contributed by atoms with Crippen molar-refractivity contribution in [3.63, 3.8) is 0 Å². The van der Waals surface area contributed by atoms with Gasteiger partial charge in [-0.05, 0) is 29.7 Å². The highest BCUT2D eigenvalue weighted by Crippen LogP contribution is 2.67. The van der Waals surface area contributed by atoms with Crippen LogP contribution in [0.1, 0.15) is 40.0 Å². The third-order valence-corrected chi connectivity index (χ3v) is 5.12. The molecule has 3 nitrogen and oxygen atoms in total. The normalized spacial score (nSPS) is 42.9. The lowest BCUT2D eigenvalue weighted by Gasteiger charge is -2.36. The van der Waals surface area contributed by atoms with Crippen LogP contribution in [0, 0.1) is 16.7 Å². The average molecular weight is 223 g/mol. The van der Waals surface area contributed by atoms with Gasteiger partial charge in [-0.25, -0.2) is 0 Å². The molecule has 0 spiro atoms. The maximum atomic E-state index is 10.5. The van der Waals surface area contributed by atoms with Crippen molar-refractivity contribution < 1.29 is 15.0 Å². The Morgan fingerprint density at radius 3 is 2.62 bits per heavy atom. The van der Waals surface area contributed by atoms with Crippen LogP contribution < -0.4 is 5.11 Å². The van der Waals surface area contributed by atoms with Crippen LogP contribution >= 0.6 is 0 Å². The monoisotopic (exact) mass is 223 g/mol. The van der Waals surface area contributed by atoms with Crippen LogP contribution in [-0.2, 0) is 4.79 Å². The van der Waals surface area contributed by atoms with Crippen molar-refractivity contribution in [2.24, 2.45) is 16.7 Å². The van der Waals surface area contributed by atoms with Gasteiger partial charge in [-0.3, -0.25) is 0 Å². The number of aliphatic hydroxyl groups is 1. The number of carbonyl (C=O) groups excluding carboxylic acids is 1. The van der Waals surface area contributed by atoms with Gasteiger partial charge in [0, 0.05) is 17.8 Å². The van der Waals surface area contributed by atoms with Gasteiger partial charge in [0.2, 0.25) is 0 Å². The Hall–Kier alpha value is -0.830. The summed E-state index contributed by atoms with van der Waals surface area (Å²) in [5, 5.41) is 20.8. The van der Waals surface area contributed by atoms with Gasteiger partial charge < -0.3 is 15.0 Å². The van der Waals surface area contributed by atoms with E-state index < -0.39 is 12.1 Å². The Morgan fingerprint density at radius 2 is 2.19 bits per heavy atom. The summed E-state index contributed by atoms with van der Waals surface area (Å²) in [4.78, 5) is 10.5. The van der Waals surface area contributed by atoms with Crippen molar-refractivity contribution in [3.8, 4) is 0 Å². The topological polar surface area (TPSA) is 60.4 Å². The summed E-state index contributed by atoms with van der Waals surface area (Å²) in [5.74, 6) is -0.753. The zero-order chi connectivity index (χ0) is 12.1. The molecule has 0 amide bonds. The number of aliphatic carboxylic acids is 1. The highest BCUT2D eigenvalue weighted by molar-refractivity contribution is 5.66. The number of hydrogen-bond acceptors (Lipinski definition) is 3. The molecule has 2 aliphatic carbocycles. The summed E-state index contributed by atoms with van der Waals surface area (Å²) in [7, 11) is 0. The molecular weight excluding hydrogens is 204 g/mol. The molecule has 0 aliphatic heterocycles. The Kier molecular flexibility index (Phi) is 2.42. The van der Waals surface area contributed by atoms with Crippen LogP contribution in [0.2, 0.25) is 0 Å². The minimum absolute atomic E-state index is 0.0597. The molecular formula is C13H19O3-. The highest BCUT2D eigenvalue weighted by Gasteiger charge is 2.63. The number of hydrogen-bond donors (Lipinski definition) is 1. The van der Waals surface area contributed by atoms with Crippen molar-refractivity contribution in [1.82, 2.24) is 0 Å². The van der Waals surface area contributed by atoms with E-state index in [2.05, 4.69) is 20.8 Å². The van der Waals surface area contributed by atoms with Crippen molar-refractivity contribution in [2.75, 3.05) is 0 Å². The molecule has 3 atom stereocenters. The largest absolute Gasteiger partial charge is 0.550 e. The summed E-state index contributed by atoms with van der Waals surface area (Å²) in [6, 6.07) is 0. The van der Waals surface area contributed by atoms with Gasteiger partial charge in [0.1, 0.15) is 0 Å². The molecule has 0 unspecified atom stereocenters. The van der Waals surface area contributed by atoms with Crippen LogP contribution in [0.3, 0.4) is 0 Å². The lowest BCUT2D eigenvalue weighted by molar-refractivity contribution is -0.304. The van der Waals surface area contributed by atoms with E-state index in [-0.39, 0.29) is 17.3 Å². The third-order valence-electron chi connectivity index (χ3n) is 5.12. The molecule has 0 saturated heterocycles. The van der Waals surface area contributed by atoms with Crippen LogP contribution in [-0.4, -0.2) is 17.2 Å². The molecule has 0 aromatic carbocycles. The maximum Gasteiger partial charge on any atom is 0.0811 e. The molecule has 2 rings (SSSR count). The summed E-state index contributed by atoms with van der Waals surface area (Å²) in [5.41, 5.74) is 0.877. The van der Waals surface area contributed by atoms with Crippen molar-refractivity contribution in [2.45, 2.75) is 46.1 Å². The molecule has 16 heavy (non-hydrogen) atoms. The first-order valence-corrected chi connectivity index (χ1v) is 5.88. The fourth-order valence-electron chi connectivity index (χ4n) is 3.61. The molecule has 0 radical (unpaired) electrons. The lowest BCUT2D eigenvalue weighted by atomic mass is 9.70. The van der Waals surface area contributed by atoms with Gasteiger partial charge in [-0.15, -0.1) is 0 Å². The van der Waals surface area contributed by atoms with Crippen molar-refractivity contribution in [1.29, 1.82) is 0 Å². The number of carboxylic acid groups (broad SMARTS) is 1. The molecule has 0 aromatic rings. The third kappa shape index (κ3) is 1.27. The van der Waals surface area contributed by atoms with Gasteiger partial charge in [0.15, 0.2) is 0 Å². The zero-order valence-corrected chi connectivity index (χ0v) is 10.1. The first-order valence-electron chi connectivity index (χ1n) is 5.88. The molecule has 2 bridgehead atoms. The van der Waals surface area contributed by atoms with Crippen LogP contribution in [0.15, 0.2) is 11.6 Å². The average Bonchev–Trinajstić information content (AvgIpc) is 2.47. The maximum absolute atomic E-state index is 10.5. The Bertz CT molecular complexity index is 356. The van der Waals surface area contributed by atoms with E-state index in [1.54, 1.807) is 6.08 Å². The van der Waals surface area contributed by atoms with Crippen LogP contribution in [0.4, 0.5) is 0 Å². The molecule has 0 aromatic heterocycles. The van der Waals surface area contributed by atoms with Gasteiger partial charge in [-0.1, -0.05) is 26.8 Å².